The summed E-state index contributed by atoms with van der Waals surface area (Å²) in [5, 5.41) is 0. The van der Waals surface area contributed by atoms with Gasteiger partial charge in [0.2, 0.25) is 0 Å². The summed E-state index contributed by atoms with van der Waals surface area (Å²) in [5.74, 6) is -0.0405. The molecule has 0 saturated carbocycles. The van der Waals surface area contributed by atoms with E-state index in [0.717, 1.165) is 16.9 Å². The van der Waals surface area contributed by atoms with E-state index >= 15 is 0 Å². The number of hydrogen-bond acceptors (Lipinski definition) is 2. The van der Waals surface area contributed by atoms with Gasteiger partial charge in [-0.15, -0.1) is 0 Å². The molecule has 24 heavy (non-hydrogen) atoms. The number of hydrogen-bond donors (Lipinski definition) is 0. The normalized spacial score (nSPS) is 18.8. The summed E-state index contributed by atoms with van der Waals surface area (Å²) in [4.78, 5) is 14.8. The number of anilines is 2. The number of carbonyl (C=O) groups excluding carboxylic acids is 1. The van der Waals surface area contributed by atoms with Crippen LogP contribution < -0.4 is 4.90 Å². The van der Waals surface area contributed by atoms with Gasteiger partial charge in [-0.25, -0.2) is 0 Å². The molecule has 0 radical (unpaired) electrons. The average Bonchev–Trinajstić information content (AvgIpc) is 3.45. The van der Waals surface area contributed by atoms with E-state index in [2.05, 4.69) is 0 Å². The molecular weight excluding hydrogens is 298 g/mol. The molecule has 3 nitrogen and oxygen atoms in total. The van der Waals surface area contributed by atoms with E-state index in [1.165, 1.54) is 0 Å². The van der Waals surface area contributed by atoms with Crippen LogP contribution in [-0.2, 0) is 9.53 Å². The molecule has 0 spiro atoms. The van der Waals surface area contributed by atoms with Gasteiger partial charge in [-0.3, -0.25) is 9.69 Å². The SMILES string of the molecule is O=C([C@@H]1O[C@@H]1c1ccccc1)N(c1ccccc1)c1ccccc1. The summed E-state index contributed by atoms with van der Waals surface area (Å²) in [6, 6.07) is 29.2. The smallest absolute Gasteiger partial charge is 0.263 e. The van der Waals surface area contributed by atoms with E-state index in [9.17, 15) is 4.79 Å². The van der Waals surface area contributed by atoms with Gasteiger partial charge >= 0.3 is 0 Å². The zero-order valence-electron chi connectivity index (χ0n) is 13.1. The fourth-order valence-electron chi connectivity index (χ4n) is 2.88. The Morgan fingerprint density at radius 3 is 1.67 bits per heavy atom. The van der Waals surface area contributed by atoms with Crippen molar-refractivity contribution in [1.82, 2.24) is 0 Å². The minimum absolute atomic E-state index is 0.0405. The number of para-hydroxylation sites is 2. The predicted octanol–water partition coefficient (Wildman–Crippen LogP) is 4.49. The first kappa shape index (κ1) is 14.7. The molecule has 3 aromatic rings. The number of benzene rings is 3. The lowest BCUT2D eigenvalue weighted by atomic mass is 10.1. The highest BCUT2D eigenvalue weighted by Gasteiger charge is 2.48. The molecule has 3 aromatic carbocycles. The molecule has 0 bridgehead atoms. The largest absolute Gasteiger partial charge is 0.354 e. The van der Waals surface area contributed by atoms with Gasteiger partial charge in [0.25, 0.3) is 5.91 Å². The van der Waals surface area contributed by atoms with Gasteiger partial charge in [-0.05, 0) is 29.8 Å². The molecule has 0 unspecified atom stereocenters. The van der Waals surface area contributed by atoms with Crippen molar-refractivity contribution in [3.63, 3.8) is 0 Å². The van der Waals surface area contributed by atoms with Gasteiger partial charge in [0.05, 0.1) is 0 Å². The minimum atomic E-state index is -0.437. The van der Waals surface area contributed by atoms with E-state index < -0.39 is 6.10 Å². The summed E-state index contributed by atoms with van der Waals surface area (Å²) in [6.07, 6.45) is -0.596. The van der Waals surface area contributed by atoms with Crippen LogP contribution in [0, 0.1) is 0 Å². The Morgan fingerprint density at radius 2 is 1.17 bits per heavy atom. The van der Waals surface area contributed by atoms with Crippen molar-refractivity contribution in [3.05, 3.63) is 96.6 Å². The van der Waals surface area contributed by atoms with Gasteiger partial charge in [-0.2, -0.15) is 0 Å². The van der Waals surface area contributed by atoms with Crippen molar-refractivity contribution in [2.24, 2.45) is 0 Å². The molecule has 1 aliphatic rings. The first-order valence-corrected chi connectivity index (χ1v) is 7.99. The second kappa shape index (κ2) is 6.30. The number of ether oxygens (including phenoxy) is 1. The topological polar surface area (TPSA) is 32.8 Å². The lowest BCUT2D eigenvalue weighted by molar-refractivity contribution is -0.119. The molecular formula is C21H17NO2. The maximum atomic E-state index is 13.1. The third-order valence-corrected chi connectivity index (χ3v) is 4.11. The van der Waals surface area contributed by atoms with E-state index in [1.54, 1.807) is 4.90 Å². The molecule has 118 valence electrons. The van der Waals surface area contributed by atoms with Gasteiger partial charge in [0, 0.05) is 11.4 Å². The monoisotopic (exact) mass is 315 g/mol. The van der Waals surface area contributed by atoms with E-state index in [0.29, 0.717) is 0 Å². The fraction of sp³-hybridized carbons (Fsp3) is 0.0952. The number of amides is 1. The molecule has 2 atom stereocenters. The second-order valence-corrected chi connectivity index (χ2v) is 5.73. The molecule has 0 aromatic heterocycles. The maximum Gasteiger partial charge on any atom is 0.263 e. The van der Waals surface area contributed by atoms with Crippen molar-refractivity contribution in [2.45, 2.75) is 12.2 Å². The third-order valence-electron chi connectivity index (χ3n) is 4.11. The van der Waals surface area contributed by atoms with Crippen LogP contribution in [0.15, 0.2) is 91.0 Å². The Hall–Kier alpha value is -2.91. The molecule has 1 fully saturated rings. The summed E-state index contributed by atoms with van der Waals surface area (Å²) in [6.45, 7) is 0. The van der Waals surface area contributed by atoms with Crippen LogP contribution in [0.5, 0.6) is 0 Å². The lowest BCUT2D eigenvalue weighted by Crippen LogP contribution is -2.30. The Labute approximate surface area is 141 Å². The molecule has 3 heteroatoms. The summed E-state index contributed by atoms with van der Waals surface area (Å²) in [5.41, 5.74) is 2.73. The molecule has 0 N–H and O–H groups in total. The minimum Gasteiger partial charge on any atom is -0.354 e. The van der Waals surface area contributed by atoms with E-state index in [4.69, 9.17) is 4.74 Å². The summed E-state index contributed by atoms with van der Waals surface area (Å²) < 4.78 is 5.70. The Balaban J connectivity index is 1.64. The van der Waals surface area contributed by atoms with Gasteiger partial charge in [0.15, 0.2) is 6.10 Å². The summed E-state index contributed by atoms with van der Waals surface area (Å²) >= 11 is 0. The highest BCUT2D eigenvalue weighted by molar-refractivity contribution is 6.04. The zero-order chi connectivity index (χ0) is 16.4. The van der Waals surface area contributed by atoms with E-state index in [-0.39, 0.29) is 12.0 Å². The molecule has 1 aliphatic heterocycles. The number of carbonyl (C=O) groups is 1. The number of nitrogens with zero attached hydrogens (tertiary/aromatic N) is 1. The highest BCUT2D eigenvalue weighted by atomic mass is 16.6. The zero-order valence-corrected chi connectivity index (χ0v) is 13.1. The molecule has 1 heterocycles. The van der Waals surface area contributed by atoms with Crippen LogP contribution in [-0.4, -0.2) is 12.0 Å². The van der Waals surface area contributed by atoms with Gasteiger partial charge in [-0.1, -0.05) is 66.7 Å². The molecule has 0 aliphatic carbocycles. The van der Waals surface area contributed by atoms with Crippen molar-refractivity contribution in [1.29, 1.82) is 0 Å². The highest BCUT2D eigenvalue weighted by Crippen LogP contribution is 2.41. The van der Waals surface area contributed by atoms with Crippen LogP contribution in [0.3, 0.4) is 0 Å². The van der Waals surface area contributed by atoms with Crippen molar-refractivity contribution >= 4 is 17.3 Å². The third kappa shape index (κ3) is 2.82. The summed E-state index contributed by atoms with van der Waals surface area (Å²) in [7, 11) is 0. The quantitative estimate of drug-likeness (QED) is 0.664. The first-order valence-electron chi connectivity index (χ1n) is 7.99. The maximum absolute atomic E-state index is 13.1. The molecule has 4 rings (SSSR count). The van der Waals surface area contributed by atoms with Crippen LogP contribution >= 0.6 is 0 Å². The molecule has 1 saturated heterocycles. The van der Waals surface area contributed by atoms with Crippen LogP contribution in [0.25, 0.3) is 0 Å². The van der Waals surface area contributed by atoms with Crippen molar-refractivity contribution < 1.29 is 9.53 Å². The van der Waals surface area contributed by atoms with Crippen molar-refractivity contribution in [2.75, 3.05) is 4.90 Å². The average molecular weight is 315 g/mol. The molecule has 1 amide bonds. The van der Waals surface area contributed by atoms with Crippen LogP contribution in [0.2, 0.25) is 0 Å². The van der Waals surface area contributed by atoms with E-state index in [1.807, 2.05) is 91.0 Å². The van der Waals surface area contributed by atoms with Crippen LogP contribution in [0.1, 0.15) is 11.7 Å². The predicted molar refractivity (Wildman–Crippen MR) is 94.1 cm³/mol. The lowest BCUT2D eigenvalue weighted by Gasteiger charge is -2.22. The first-order chi connectivity index (χ1) is 11.8. The van der Waals surface area contributed by atoms with Crippen molar-refractivity contribution in [3.8, 4) is 0 Å². The Bertz CT molecular complexity index is 779. The standard InChI is InChI=1S/C21H17NO2/c23-21(20-19(24-20)16-10-4-1-5-11-16)22(17-12-6-2-7-13-17)18-14-8-3-9-15-18/h1-15,19-20H/t19-,20-/m1/s1. The fourth-order valence-corrected chi connectivity index (χ4v) is 2.88. The van der Waals surface area contributed by atoms with Crippen LogP contribution in [0.4, 0.5) is 11.4 Å². The second-order valence-electron chi connectivity index (χ2n) is 5.73. The Morgan fingerprint density at radius 1 is 0.708 bits per heavy atom. The van der Waals surface area contributed by atoms with Gasteiger partial charge in [0.1, 0.15) is 6.10 Å². The number of rotatable bonds is 4. The Kier molecular flexibility index (Phi) is 3.85. The van der Waals surface area contributed by atoms with Gasteiger partial charge < -0.3 is 4.74 Å². The number of epoxide rings is 1.